The number of hydrogen-bond donors (Lipinski definition) is 1. The lowest BCUT2D eigenvalue weighted by molar-refractivity contribution is 0.469. The van der Waals surface area contributed by atoms with Crippen molar-refractivity contribution in [1.82, 2.24) is 0 Å². The van der Waals surface area contributed by atoms with E-state index in [4.69, 9.17) is 17.3 Å². The Kier molecular flexibility index (Phi) is 3.39. The van der Waals surface area contributed by atoms with Crippen LogP contribution in [0, 0.1) is 17.5 Å². The fourth-order valence-electron chi connectivity index (χ4n) is 1.14. The van der Waals surface area contributed by atoms with Crippen LogP contribution in [-0.4, -0.2) is 6.54 Å². The first-order valence-electron chi connectivity index (χ1n) is 4.02. The van der Waals surface area contributed by atoms with Gasteiger partial charge in [-0.2, -0.15) is 0 Å². The van der Waals surface area contributed by atoms with Crippen LogP contribution in [0.25, 0.3) is 0 Å². The van der Waals surface area contributed by atoms with Gasteiger partial charge in [0.25, 0.3) is 0 Å². The van der Waals surface area contributed by atoms with Gasteiger partial charge in [0.15, 0.2) is 11.6 Å². The first-order valence-corrected chi connectivity index (χ1v) is 4.39. The molecule has 1 nitrogen and oxygen atoms in total. The molecule has 0 radical (unpaired) electrons. The normalized spacial score (nSPS) is 13.0. The van der Waals surface area contributed by atoms with Crippen LogP contribution in [0.4, 0.5) is 13.2 Å². The van der Waals surface area contributed by atoms with Gasteiger partial charge in [0.2, 0.25) is 0 Å². The minimum absolute atomic E-state index is 0.0215. The molecule has 0 spiro atoms. The first kappa shape index (κ1) is 11.3. The Hall–Kier alpha value is -0.740. The van der Waals surface area contributed by atoms with Crippen molar-refractivity contribution in [3.63, 3.8) is 0 Å². The predicted molar refractivity (Wildman–Crippen MR) is 48.8 cm³/mol. The van der Waals surface area contributed by atoms with Gasteiger partial charge in [0.1, 0.15) is 5.82 Å². The number of hydrogen-bond acceptors (Lipinski definition) is 1. The van der Waals surface area contributed by atoms with Gasteiger partial charge in [-0.3, -0.25) is 0 Å². The van der Waals surface area contributed by atoms with Crippen molar-refractivity contribution in [2.75, 3.05) is 6.54 Å². The summed E-state index contributed by atoms with van der Waals surface area (Å²) < 4.78 is 39.3. The summed E-state index contributed by atoms with van der Waals surface area (Å²) in [5, 5.41) is -0.431. The highest BCUT2D eigenvalue weighted by Crippen LogP contribution is 2.28. The summed E-state index contributed by atoms with van der Waals surface area (Å²) in [7, 11) is 0. The predicted octanol–water partition coefficient (Wildman–Crippen LogP) is 2.82. The van der Waals surface area contributed by atoms with Crippen LogP contribution < -0.4 is 5.73 Å². The smallest absolute Gasteiger partial charge is 0.165 e. The topological polar surface area (TPSA) is 26.0 Å². The maximum absolute atomic E-state index is 13.3. The lowest BCUT2D eigenvalue weighted by atomic mass is 10.00. The third-order valence-electron chi connectivity index (χ3n) is 1.99. The Labute approximate surface area is 84.7 Å². The zero-order chi connectivity index (χ0) is 10.9. The van der Waals surface area contributed by atoms with E-state index in [9.17, 15) is 13.2 Å². The molecule has 5 heteroatoms. The molecule has 0 amide bonds. The Bertz CT molecular complexity index is 328. The number of benzene rings is 1. The van der Waals surface area contributed by atoms with Crippen LogP contribution in [0.15, 0.2) is 6.07 Å². The van der Waals surface area contributed by atoms with E-state index in [-0.39, 0.29) is 6.54 Å². The molecule has 0 aliphatic carbocycles. The third kappa shape index (κ3) is 1.86. The molecule has 1 atom stereocenters. The van der Waals surface area contributed by atoms with Crippen LogP contribution in [-0.2, 0) is 0 Å². The van der Waals surface area contributed by atoms with E-state index in [0.717, 1.165) is 0 Å². The van der Waals surface area contributed by atoms with E-state index in [1.54, 1.807) is 0 Å². The second-order valence-corrected chi connectivity index (χ2v) is 3.43. The van der Waals surface area contributed by atoms with Crippen molar-refractivity contribution in [3.05, 3.63) is 34.1 Å². The summed E-state index contributed by atoms with van der Waals surface area (Å²) in [6, 6.07) is 0.610. The van der Waals surface area contributed by atoms with Crippen molar-refractivity contribution in [2.24, 2.45) is 5.73 Å². The van der Waals surface area contributed by atoms with Crippen LogP contribution in [0.5, 0.6) is 0 Å². The fourth-order valence-corrected chi connectivity index (χ4v) is 1.34. The largest absolute Gasteiger partial charge is 0.330 e. The molecule has 0 heterocycles. The quantitative estimate of drug-likeness (QED) is 0.767. The van der Waals surface area contributed by atoms with E-state index >= 15 is 0 Å². The second kappa shape index (κ2) is 4.19. The maximum atomic E-state index is 13.3. The zero-order valence-corrected chi connectivity index (χ0v) is 8.21. The molecule has 0 saturated carbocycles. The molecule has 1 unspecified atom stereocenters. The third-order valence-corrected chi connectivity index (χ3v) is 2.27. The lowest BCUT2D eigenvalue weighted by Gasteiger charge is -2.12. The van der Waals surface area contributed by atoms with Crippen molar-refractivity contribution < 1.29 is 13.2 Å². The molecule has 0 aromatic heterocycles. The Morgan fingerprint density at radius 2 is 1.93 bits per heavy atom. The Morgan fingerprint density at radius 1 is 1.36 bits per heavy atom. The first-order chi connectivity index (χ1) is 6.49. The highest BCUT2D eigenvalue weighted by atomic mass is 35.5. The summed E-state index contributed by atoms with van der Waals surface area (Å²) in [4.78, 5) is 0. The molecule has 2 N–H and O–H groups in total. The fraction of sp³-hybridized carbons (Fsp3) is 0.333. The van der Waals surface area contributed by atoms with Crippen molar-refractivity contribution in [1.29, 1.82) is 0 Å². The van der Waals surface area contributed by atoms with E-state index in [0.29, 0.717) is 6.07 Å². The SMILES string of the molecule is CC(CN)c1c(F)c(F)cc(Cl)c1F. The molecule has 0 aliphatic rings. The van der Waals surface area contributed by atoms with E-state index < -0.39 is 34.0 Å². The van der Waals surface area contributed by atoms with Crippen LogP contribution in [0.3, 0.4) is 0 Å². The van der Waals surface area contributed by atoms with Gasteiger partial charge in [-0.1, -0.05) is 18.5 Å². The number of nitrogens with two attached hydrogens (primary N) is 1. The molecule has 0 bridgehead atoms. The maximum Gasteiger partial charge on any atom is 0.165 e. The van der Waals surface area contributed by atoms with E-state index in [1.165, 1.54) is 6.92 Å². The van der Waals surface area contributed by atoms with Gasteiger partial charge in [0.05, 0.1) is 5.02 Å². The molecular formula is C9H9ClF3N. The van der Waals surface area contributed by atoms with Gasteiger partial charge in [-0.25, -0.2) is 13.2 Å². The highest BCUT2D eigenvalue weighted by Gasteiger charge is 2.21. The van der Waals surface area contributed by atoms with Crippen molar-refractivity contribution in [2.45, 2.75) is 12.8 Å². The molecule has 1 aromatic rings. The average Bonchev–Trinajstić information content (AvgIpc) is 2.15. The Morgan fingerprint density at radius 3 is 2.43 bits per heavy atom. The molecule has 1 rings (SSSR count). The molecule has 1 aromatic carbocycles. The van der Waals surface area contributed by atoms with Gasteiger partial charge >= 0.3 is 0 Å². The van der Waals surface area contributed by atoms with Crippen LogP contribution >= 0.6 is 11.6 Å². The molecule has 78 valence electrons. The van der Waals surface area contributed by atoms with Gasteiger partial charge < -0.3 is 5.73 Å². The zero-order valence-electron chi connectivity index (χ0n) is 7.45. The summed E-state index contributed by atoms with van der Waals surface area (Å²) in [5.41, 5.74) is 4.85. The standard InChI is InChI=1S/C9H9ClF3N/c1-4(3-14)7-8(12)5(10)2-6(11)9(7)13/h2,4H,3,14H2,1H3. The molecule has 0 saturated heterocycles. The number of halogens is 4. The minimum atomic E-state index is -1.22. The summed E-state index contributed by atoms with van der Waals surface area (Å²) in [6.45, 7) is 1.52. The van der Waals surface area contributed by atoms with E-state index in [2.05, 4.69) is 0 Å². The van der Waals surface area contributed by atoms with Crippen molar-refractivity contribution in [3.8, 4) is 0 Å². The lowest BCUT2D eigenvalue weighted by Crippen LogP contribution is -2.13. The number of rotatable bonds is 2. The van der Waals surface area contributed by atoms with Crippen molar-refractivity contribution >= 4 is 11.6 Å². The molecule has 14 heavy (non-hydrogen) atoms. The molecule has 0 aliphatic heterocycles. The van der Waals surface area contributed by atoms with E-state index in [1.807, 2.05) is 0 Å². The monoisotopic (exact) mass is 223 g/mol. The molecular weight excluding hydrogens is 215 g/mol. The van der Waals surface area contributed by atoms with Gasteiger partial charge in [-0.05, 0) is 18.5 Å². The summed E-state index contributed by atoms with van der Waals surface area (Å²) in [5.74, 6) is -3.93. The highest BCUT2D eigenvalue weighted by molar-refractivity contribution is 6.30. The summed E-state index contributed by atoms with van der Waals surface area (Å²) in [6.07, 6.45) is 0. The Balaban J connectivity index is 3.39. The van der Waals surface area contributed by atoms with Crippen LogP contribution in [0.1, 0.15) is 18.4 Å². The average molecular weight is 224 g/mol. The molecule has 0 fully saturated rings. The van der Waals surface area contributed by atoms with Crippen LogP contribution in [0.2, 0.25) is 5.02 Å². The summed E-state index contributed by atoms with van der Waals surface area (Å²) >= 11 is 5.37. The van der Waals surface area contributed by atoms with Gasteiger partial charge in [-0.15, -0.1) is 0 Å². The van der Waals surface area contributed by atoms with Gasteiger partial charge in [0, 0.05) is 5.56 Å². The minimum Gasteiger partial charge on any atom is -0.330 e. The second-order valence-electron chi connectivity index (χ2n) is 3.02.